The van der Waals surface area contributed by atoms with Crippen LogP contribution in [0, 0.1) is 5.92 Å². The number of rotatable bonds is 4. The minimum absolute atomic E-state index is 0.559. The van der Waals surface area contributed by atoms with Gasteiger partial charge in [0.05, 0.1) is 5.69 Å². The highest BCUT2D eigenvalue weighted by Crippen LogP contribution is 2.07. The molecule has 0 atom stereocenters. The number of nitrogens with zero attached hydrogens (tertiary/aromatic N) is 2. The van der Waals surface area contributed by atoms with Crippen molar-refractivity contribution in [1.29, 1.82) is 0 Å². The summed E-state index contributed by atoms with van der Waals surface area (Å²) in [5, 5.41) is 7.95. The van der Waals surface area contributed by atoms with E-state index in [2.05, 4.69) is 24.3 Å². The van der Waals surface area contributed by atoms with Gasteiger partial charge < -0.3 is 5.32 Å². The average Bonchev–Trinajstić information content (AvgIpc) is 2.29. The van der Waals surface area contributed by atoms with Crippen LogP contribution >= 0.6 is 11.6 Å². The summed E-state index contributed by atoms with van der Waals surface area (Å²) in [6, 6.07) is 1.88. The van der Waals surface area contributed by atoms with E-state index in [0.29, 0.717) is 11.1 Å². The zero-order valence-corrected chi connectivity index (χ0v) is 9.10. The van der Waals surface area contributed by atoms with E-state index in [-0.39, 0.29) is 0 Å². The molecule has 0 saturated carbocycles. The van der Waals surface area contributed by atoms with Crippen molar-refractivity contribution in [1.82, 2.24) is 15.1 Å². The predicted molar refractivity (Wildman–Crippen MR) is 54.8 cm³/mol. The molecule has 1 rings (SSSR count). The summed E-state index contributed by atoms with van der Waals surface area (Å²) in [6.07, 6.45) is 0. The molecule has 0 radical (unpaired) electrons. The zero-order valence-electron chi connectivity index (χ0n) is 8.34. The standard InChI is InChI=1S/C9H16ClN3/c1-7(2)5-11-6-8-4-9(10)12-13(8)3/h4,7,11H,5-6H2,1-3H3. The number of halogens is 1. The van der Waals surface area contributed by atoms with E-state index in [0.717, 1.165) is 18.8 Å². The lowest BCUT2D eigenvalue weighted by molar-refractivity contribution is 0.536. The molecule has 1 aromatic rings. The summed E-state index contributed by atoms with van der Waals surface area (Å²) in [7, 11) is 1.90. The van der Waals surface area contributed by atoms with E-state index in [9.17, 15) is 0 Å². The summed E-state index contributed by atoms with van der Waals surface area (Å²) in [5.41, 5.74) is 1.12. The maximum atomic E-state index is 5.75. The predicted octanol–water partition coefficient (Wildman–Crippen LogP) is 1.82. The molecule has 0 fully saturated rings. The van der Waals surface area contributed by atoms with E-state index >= 15 is 0 Å². The van der Waals surface area contributed by atoms with Crippen LogP contribution in [0.25, 0.3) is 0 Å². The molecule has 0 saturated heterocycles. The van der Waals surface area contributed by atoms with E-state index in [1.54, 1.807) is 4.68 Å². The molecule has 0 aromatic carbocycles. The molecule has 0 spiro atoms. The Morgan fingerprint density at radius 3 is 2.77 bits per heavy atom. The smallest absolute Gasteiger partial charge is 0.151 e. The highest BCUT2D eigenvalue weighted by molar-refractivity contribution is 6.29. The van der Waals surface area contributed by atoms with E-state index in [1.807, 2.05) is 13.1 Å². The van der Waals surface area contributed by atoms with Crippen LogP contribution in [0.4, 0.5) is 0 Å². The van der Waals surface area contributed by atoms with Crippen LogP contribution in [0.15, 0.2) is 6.07 Å². The van der Waals surface area contributed by atoms with Crippen LogP contribution in [0.1, 0.15) is 19.5 Å². The van der Waals surface area contributed by atoms with Gasteiger partial charge in [0.1, 0.15) is 0 Å². The first-order valence-electron chi connectivity index (χ1n) is 4.48. The van der Waals surface area contributed by atoms with Crippen molar-refractivity contribution < 1.29 is 0 Å². The zero-order chi connectivity index (χ0) is 9.84. The van der Waals surface area contributed by atoms with Crippen molar-refractivity contribution in [3.63, 3.8) is 0 Å². The molecule has 4 heteroatoms. The Hall–Kier alpha value is -0.540. The lowest BCUT2D eigenvalue weighted by Gasteiger charge is -2.06. The molecule has 0 unspecified atom stereocenters. The van der Waals surface area contributed by atoms with Gasteiger partial charge in [-0.15, -0.1) is 0 Å². The van der Waals surface area contributed by atoms with Gasteiger partial charge in [0, 0.05) is 13.6 Å². The van der Waals surface area contributed by atoms with Gasteiger partial charge in [0.25, 0.3) is 0 Å². The summed E-state index contributed by atoms with van der Waals surface area (Å²) in [6.45, 7) is 6.21. The highest BCUT2D eigenvalue weighted by atomic mass is 35.5. The van der Waals surface area contributed by atoms with Gasteiger partial charge in [0.2, 0.25) is 0 Å². The Balaban J connectivity index is 2.40. The second-order valence-electron chi connectivity index (χ2n) is 3.61. The molecule has 1 aromatic heterocycles. The highest BCUT2D eigenvalue weighted by Gasteiger charge is 2.02. The first kappa shape index (κ1) is 10.5. The van der Waals surface area contributed by atoms with Crippen molar-refractivity contribution in [2.24, 2.45) is 13.0 Å². The number of aryl methyl sites for hydroxylation is 1. The van der Waals surface area contributed by atoms with Crippen LogP contribution < -0.4 is 5.32 Å². The third-order valence-electron chi connectivity index (χ3n) is 1.81. The topological polar surface area (TPSA) is 29.9 Å². The van der Waals surface area contributed by atoms with Crippen LogP contribution in [0.3, 0.4) is 0 Å². The van der Waals surface area contributed by atoms with Crippen molar-refractivity contribution in [3.05, 3.63) is 16.9 Å². The van der Waals surface area contributed by atoms with Gasteiger partial charge in [0.15, 0.2) is 5.15 Å². The molecular weight excluding hydrogens is 186 g/mol. The molecule has 3 nitrogen and oxygen atoms in total. The molecule has 0 aliphatic rings. The Morgan fingerprint density at radius 2 is 2.31 bits per heavy atom. The largest absolute Gasteiger partial charge is 0.311 e. The third-order valence-corrected chi connectivity index (χ3v) is 1.99. The van der Waals surface area contributed by atoms with Crippen molar-refractivity contribution >= 4 is 11.6 Å². The first-order valence-corrected chi connectivity index (χ1v) is 4.86. The van der Waals surface area contributed by atoms with Crippen LogP contribution in [0.2, 0.25) is 5.15 Å². The molecule has 13 heavy (non-hydrogen) atoms. The fourth-order valence-electron chi connectivity index (χ4n) is 1.12. The fraction of sp³-hybridized carbons (Fsp3) is 0.667. The molecule has 0 aliphatic carbocycles. The van der Waals surface area contributed by atoms with Gasteiger partial charge in [-0.2, -0.15) is 5.10 Å². The van der Waals surface area contributed by atoms with Gasteiger partial charge in [-0.25, -0.2) is 0 Å². The van der Waals surface area contributed by atoms with E-state index in [1.165, 1.54) is 0 Å². The minimum atomic E-state index is 0.559. The van der Waals surface area contributed by atoms with Gasteiger partial charge in [-0.1, -0.05) is 25.4 Å². The molecule has 74 valence electrons. The summed E-state index contributed by atoms with van der Waals surface area (Å²) in [4.78, 5) is 0. The van der Waals surface area contributed by atoms with Crippen LogP contribution in [-0.2, 0) is 13.6 Å². The summed E-state index contributed by atoms with van der Waals surface area (Å²) >= 11 is 5.75. The molecule has 0 amide bonds. The maximum Gasteiger partial charge on any atom is 0.151 e. The van der Waals surface area contributed by atoms with Crippen molar-refractivity contribution in [2.75, 3.05) is 6.54 Å². The van der Waals surface area contributed by atoms with Gasteiger partial charge in [-0.05, 0) is 18.5 Å². The van der Waals surface area contributed by atoms with Gasteiger partial charge >= 0.3 is 0 Å². The maximum absolute atomic E-state index is 5.75. The monoisotopic (exact) mass is 201 g/mol. The normalized spacial score (nSPS) is 11.2. The first-order chi connectivity index (χ1) is 6.09. The Bertz CT molecular complexity index is 268. The lowest BCUT2D eigenvalue weighted by atomic mass is 10.2. The molecule has 1 N–H and O–H groups in total. The SMILES string of the molecule is CC(C)CNCc1cc(Cl)nn1C. The Morgan fingerprint density at radius 1 is 1.62 bits per heavy atom. The Kier molecular flexibility index (Phi) is 3.75. The van der Waals surface area contributed by atoms with Crippen LogP contribution in [-0.4, -0.2) is 16.3 Å². The Labute approximate surface area is 84.1 Å². The number of hydrogen-bond acceptors (Lipinski definition) is 2. The van der Waals surface area contributed by atoms with Crippen molar-refractivity contribution in [3.8, 4) is 0 Å². The number of aromatic nitrogens is 2. The van der Waals surface area contributed by atoms with Crippen LogP contribution in [0.5, 0.6) is 0 Å². The fourth-order valence-corrected chi connectivity index (χ4v) is 1.36. The van der Waals surface area contributed by atoms with Gasteiger partial charge in [-0.3, -0.25) is 4.68 Å². The molecule has 1 heterocycles. The minimum Gasteiger partial charge on any atom is -0.311 e. The number of hydrogen-bond donors (Lipinski definition) is 1. The molecule has 0 aliphatic heterocycles. The molecular formula is C9H16ClN3. The summed E-state index contributed by atoms with van der Waals surface area (Å²) < 4.78 is 1.80. The summed E-state index contributed by atoms with van der Waals surface area (Å²) in [5.74, 6) is 0.670. The van der Waals surface area contributed by atoms with E-state index < -0.39 is 0 Å². The van der Waals surface area contributed by atoms with Crippen molar-refractivity contribution in [2.45, 2.75) is 20.4 Å². The van der Waals surface area contributed by atoms with E-state index in [4.69, 9.17) is 11.6 Å². The number of nitrogens with one attached hydrogen (secondary N) is 1. The lowest BCUT2D eigenvalue weighted by Crippen LogP contribution is -2.20. The quantitative estimate of drug-likeness (QED) is 0.806. The third kappa shape index (κ3) is 3.36. The second-order valence-corrected chi connectivity index (χ2v) is 3.99. The average molecular weight is 202 g/mol. The second kappa shape index (κ2) is 4.63. The molecule has 0 bridgehead atoms.